The van der Waals surface area contributed by atoms with E-state index in [2.05, 4.69) is 9.88 Å². The second-order valence-corrected chi connectivity index (χ2v) is 3.43. The quantitative estimate of drug-likeness (QED) is 0.751. The van der Waals surface area contributed by atoms with Gasteiger partial charge in [-0.05, 0) is 19.1 Å². The highest BCUT2D eigenvalue weighted by molar-refractivity contribution is 5.56. The first-order chi connectivity index (χ1) is 6.81. The molecular formula is C10H14N2O2. The normalized spacial score (nSPS) is 20.1. The molecular weight excluding hydrogens is 180 g/mol. The maximum atomic E-state index is 8.93. The third kappa shape index (κ3) is 1.65. The Hall–Kier alpha value is -1.29. The van der Waals surface area contributed by atoms with Gasteiger partial charge in [0.2, 0.25) is 5.88 Å². The van der Waals surface area contributed by atoms with Crippen molar-refractivity contribution in [1.82, 2.24) is 4.98 Å². The fraction of sp³-hybridized carbons (Fsp3) is 0.500. The predicted octanol–water partition coefficient (Wildman–Crippen LogP) is 0.661. The third-order valence-corrected chi connectivity index (χ3v) is 2.25. The summed E-state index contributed by atoms with van der Waals surface area (Å²) in [6.07, 6.45) is 1.84. The van der Waals surface area contributed by atoms with Crippen LogP contribution in [-0.4, -0.2) is 35.9 Å². The molecule has 0 radical (unpaired) electrons. The van der Waals surface area contributed by atoms with E-state index in [4.69, 9.17) is 9.84 Å². The second kappa shape index (κ2) is 3.84. The maximum absolute atomic E-state index is 8.93. The van der Waals surface area contributed by atoms with E-state index in [0.717, 1.165) is 12.2 Å². The lowest BCUT2D eigenvalue weighted by atomic mass is 10.2. The van der Waals surface area contributed by atoms with Crippen LogP contribution < -0.4 is 9.64 Å². The Morgan fingerprint density at radius 1 is 1.71 bits per heavy atom. The van der Waals surface area contributed by atoms with Gasteiger partial charge < -0.3 is 14.7 Å². The number of rotatable bonds is 2. The molecule has 2 rings (SSSR count). The Morgan fingerprint density at radius 3 is 3.36 bits per heavy atom. The van der Waals surface area contributed by atoms with Crippen LogP contribution in [0, 0.1) is 0 Å². The molecule has 4 heteroatoms. The van der Waals surface area contributed by atoms with E-state index >= 15 is 0 Å². The molecule has 1 aromatic rings. The maximum Gasteiger partial charge on any atom is 0.237 e. The van der Waals surface area contributed by atoms with E-state index in [1.54, 1.807) is 6.20 Å². The van der Waals surface area contributed by atoms with E-state index in [-0.39, 0.29) is 12.7 Å². The van der Waals surface area contributed by atoms with Crippen molar-refractivity contribution < 1.29 is 9.84 Å². The van der Waals surface area contributed by atoms with Crippen LogP contribution in [0.2, 0.25) is 0 Å². The molecule has 1 atom stereocenters. The monoisotopic (exact) mass is 194 g/mol. The molecule has 0 amide bonds. The van der Waals surface area contributed by atoms with Crippen LogP contribution in [0.1, 0.15) is 6.92 Å². The summed E-state index contributed by atoms with van der Waals surface area (Å²) >= 11 is 0. The van der Waals surface area contributed by atoms with Gasteiger partial charge in [0.1, 0.15) is 11.8 Å². The topological polar surface area (TPSA) is 45.6 Å². The molecule has 0 saturated heterocycles. The SMILES string of the molecule is C[C@@H]1CN(CCO)c2cccnc2O1. The predicted molar refractivity (Wildman–Crippen MR) is 53.6 cm³/mol. The number of pyridine rings is 1. The van der Waals surface area contributed by atoms with E-state index < -0.39 is 0 Å². The Balaban J connectivity index is 2.28. The van der Waals surface area contributed by atoms with Crippen LogP contribution in [0.4, 0.5) is 5.69 Å². The van der Waals surface area contributed by atoms with Crippen LogP contribution >= 0.6 is 0 Å². The molecule has 14 heavy (non-hydrogen) atoms. The highest BCUT2D eigenvalue weighted by Crippen LogP contribution is 2.30. The van der Waals surface area contributed by atoms with Gasteiger partial charge in [-0.3, -0.25) is 0 Å². The van der Waals surface area contributed by atoms with Crippen molar-refractivity contribution in [2.24, 2.45) is 0 Å². The molecule has 0 saturated carbocycles. The van der Waals surface area contributed by atoms with Crippen molar-refractivity contribution in [3.63, 3.8) is 0 Å². The standard InChI is InChI=1S/C10H14N2O2/c1-8-7-12(5-6-13)9-3-2-4-11-10(9)14-8/h2-4,8,13H,5-7H2,1H3/t8-/m1/s1. The number of aliphatic hydroxyl groups excluding tert-OH is 1. The molecule has 1 aliphatic rings. The fourth-order valence-corrected chi connectivity index (χ4v) is 1.68. The number of anilines is 1. The largest absolute Gasteiger partial charge is 0.471 e. The van der Waals surface area contributed by atoms with E-state index in [1.807, 2.05) is 19.1 Å². The molecule has 0 fully saturated rings. The number of hydrogen-bond acceptors (Lipinski definition) is 4. The first kappa shape index (κ1) is 9.27. The van der Waals surface area contributed by atoms with Gasteiger partial charge in [-0.2, -0.15) is 0 Å². The summed E-state index contributed by atoms with van der Waals surface area (Å²) in [5.41, 5.74) is 0.972. The number of nitrogens with zero attached hydrogens (tertiary/aromatic N) is 2. The first-order valence-electron chi connectivity index (χ1n) is 4.78. The van der Waals surface area contributed by atoms with Gasteiger partial charge >= 0.3 is 0 Å². The first-order valence-corrected chi connectivity index (χ1v) is 4.78. The second-order valence-electron chi connectivity index (χ2n) is 3.43. The van der Waals surface area contributed by atoms with Crippen LogP contribution in [0.15, 0.2) is 18.3 Å². The minimum absolute atomic E-state index is 0.129. The molecule has 1 aliphatic heterocycles. The Kier molecular flexibility index (Phi) is 2.54. The molecule has 4 nitrogen and oxygen atoms in total. The molecule has 0 aliphatic carbocycles. The third-order valence-electron chi connectivity index (χ3n) is 2.25. The summed E-state index contributed by atoms with van der Waals surface area (Å²) in [6, 6.07) is 3.84. The molecule has 0 aromatic carbocycles. The lowest BCUT2D eigenvalue weighted by Crippen LogP contribution is -2.40. The minimum atomic E-state index is 0.129. The van der Waals surface area contributed by atoms with Gasteiger partial charge in [0, 0.05) is 12.7 Å². The summed E-state index contributed by atoms with van der Waals surface area (Å²) < 4.78 is 5.57. The molecule has 1 aromatic heterocycles. The van der Waals surface area contributed by atoms with Gasteiger partial charge in [0.15, 0.2) is 0 Å². The average molecular weight is 194 g/mol. The average Bonchev–Trinajstić information content (AvgIpc) is 2.18. The zero-order valence-corrected chi connectivity index (χ0v) is 8.18. The van der Waals surface area contributed by atoms with Crippen LogP contribution in [0.25, 0.3) is 0 Å². The van der Waals surface area contributed by atoms with Gasteiger partial charge in [0.25, 0.3) is 0 Å². The van der Waals surface area contributed by atoms with E-state index in [9.17, 15) is 0 Å². The Bertz CT molecular complexity index is 317. The molecule has 1 N–H and O–H groups in total. The number of hydrogen-bond donors (Lipinski definition) is 1. The summed E-state index contributed by atoms with van der Waals surface area (Å²) in [7, 11) is 0. The molecule has 0 spiro atoms. The Labute approximate surface area is 83.1 Å². The lowest BCUT2D eigenvalue weighted by Gasteiger charge is -2.33. The van der Waals surface area contributed by atoms with Crippen LogP contribution in [0.3, 0.4) is 0 Å². The van der Waals surface area contributed by atoms with Crippen molar-refractivity contribution in [2.45, 2.75) is 13.0 Å². The van der Waals surface area contributed by atoms with Gasteiger partial charge in [-0.1, -0.05) is 0 Å². The summed E-state index contributed by atoms with van der Waals surface area (Å²) in [4.78, 5) is 6.25. The highest BCUT2D eigenvalue weighted by atomic mass is 16.5. The Morgan fingerprint density at radius 2 is 2.57 bits per heavy atom. The molecule has 76 valence electrons. The van der Waals surface area contributed by atoms with Crippen molar-refractivity contribution >= 4 is 5.69 Å². The lowest BCUT2D eigenvalue weighted by molar-refractivity contribution is 0.198. The van der Waals surface area contributed by atoms with Gasteiger partial charge in [-0.15, -0.1) is 0 Å². The summed E-state index contributed by atoms with van der Waals surface area (Å²) in [5.74, 6) is 0.666. The van der Waals surface area contributed by atoms with Gasteiger partial charge in [0.05, 0.1) is 13.2 Å². The van der Waals surface area contributed by atoms with Crippen LogP contribution in [-0.2, 0) is 0 Å². The van der Waals surface area contributed by atoms with E-state index in [1.165, 1.54) is 0 Å². The number of aliphatic hydroxyl groups is 1. The van der Waals surface area contributed by atoms with Crippen molar-refractivity contribution in [3.05, 3.63) is 18.3 Å². The zero-order valence-electron chi connectivity index (χ0n) is 8.18. The number of β-amino-alcohol motifs (C(OH)–C–C–N with tert-alkyl or cyclic N) is 1. The van der Waals surface area contributed by atoms with Crippen molar-refractivity contribution in [3.8, 4) is 5.88 Å². The van der Waals surface area contributed by atoms with Crippen molar-refractivity contribution in [2.75, 3.05) is 24.6 Å². The fourth-order valence-electron chi connectivity index (χ4n) is 1.68. The minimum Gasteiger partial charge on any atom is -0.471 e. The highest BCUT2D eigenvalue weighted by Gasteiger charge is 2.22. The summed E-state index contributed by atoms with van der Waals surface area (Å²) in [5, 5.41) is 8.93. The summed E-state index contributed by atoms with van der Waals surface area (Å²) in [6.45, 7) is 3.59. The van der Waals surface area contributed by atoms with Gasteiger partial charge in [-0.25, -0.2) is 4.98 Å². The molecule has 0 unspecified atom stereocenters. The smallest absolute Gasteiger partial charge is 0.237 e. The molecule has 2 heterocycles. The number of fused-ring (bicyclic) bond motifs is 1. The van der Waals surface area contributed by atoms with Crippen LogP contribution in [0.5, 0.6) is 5.88 Å². The van der Waals surface area contributed by atoms with E-state index in [0.29, 0.717) is 12.4 Å². The zero-order chi connectivity index (χ0) is 9.97. The van der Waals surface area contributed by atoms with Crippen molar-refractivity contribution in [1.29, 1.82) is 0 Å². The number of aromatic nitrogens is 1. The number of ether oxygens (including phenoxy) is 1. The molecule has 0 bridgehead atoms.